The molecule has 0 saturated heterocycles. The number of esters is 2. The second kappa shape index (κ2) is 8.53. The summed E-state index contributed by atoms with van der Waals surface area (Å²) in [5, 5.41) is 0. The second-order valence-electron chi connectivity index (χ2n) is 6.29. The number of aromatic amines is 1. The molecule has 1 aromatic carbocycles. The number of carbonyl (C=O) groups excluding carboxylic acids is 3. The van der Waals surface area contributed by atoms with E-state index >= 15 is 0 Å². The van der Waals surface area contributed by atoms with Gasteiger partial charge in [0.25, 0.3) is 0 Å². The van der Waals surface area contributed by atoms with Gasteiger partial charge in [0.2, 0.25) is 5.78 Å². The molecule has 0 unspecified atom stereocenters. The Morgan fingerprint density at radius 2 is 1.52 bits per heavy atom. The number of hydrogen-bond donors (Lipinski definition) is 1. The van der Waals surface area contributed by atoms with E-state index in [-0.39, 0.29) is 17.7 Å². The first-order valence-electron chi connectivity index (χ1n) is 8.60. The molecule has 0 radical (unpaired) electrons. The highest BCUT2D eigenvalue weighted by atomic mass is 16.5. The quantitative estimate of drug-likeness (QED) is 0.594. The molecular weight excluding hydrogens is 348 g/mol. The van der Waals surface area contributed by atoms with Crippen molar-refractivity contribution >= 4 is 23.4 Å². The fraction of sp³-hybridized carbons (Fsp3) is 0.350. The molecule has 2 rings (SSSR count). The summed E-state index contributed by atoms with van der Waals surface area (Å²) in [7, 11) is 3.79. The first kappa shape index (κ1) is 20.2. The predicted octanol–water partition coefficient (Wildman–Crippen LogP) is 2.91. The molecule has 1 N–H and O–H groups in total. The highest BCUT2D eigenvalue weighted by molar-refractivity contribution is 6.09. The number of ketones is 1. The highest BCUT2D eigenvalue weighted by Crippen LogP contribution is 2.21. The molecule has 27 heavy (non-hydrogen) atoms. The lowest BCUT2D eigenvalue weighted by Gasteiger charge is -2.12. The Balaban J connectivity index is 2.11. The van der Waals surface area contributed by atoms with Crippen molar-refractivity contribution in [1.29, 1.82) is 0 Å². The number of carbonyl (C=O) groups is 3. The minimum atomic E-state index is -0.601. The molecule has 0 atom stereocenters. The van der Waals surface area contributed by atoms with Crippen LogP contribution in [0.4, 0.5) is 5.69 Å². The van der Waals surface area contributed by atoms with E-state index < -0.39 is 24.3 Å². The zero-order valence-corrected chi connectivity index (χ0v) is 16.2. The van der Waals surface area contributed by atoms with Gasteiger partial charge < -0.3 is 19.4 Å². The Hall–Kier alpha value is -3.09. The van der Waals surface area contributed by atoms with Gasteiger partial charge in [0, 0.05) is 31.2 Å². The number of Topliss-reactive ketones (excluding diaryl/α,β-unsaturated/α-hetero) is 1. The van der Waals surface area contributed by atoms with Crippen LogP contribution in [0.1, 0.15) is 49.4 Å². The molecule has 1 heterocycles. The number of aryl methyl sites for hydroxylation is 2. The Kier molecular flexibility index (Phi) is 6.39. The standard InChI is InChI=1S/C20H24N2O5/c1-6-26-20(25)18-13(3)21-12(2)17(18)16(23)11-27-19(24)14-7-9-15(10-8-14)22(4)5/h7-10,21H,6,11H2,1-5H3. The molecular formula is C20H24N2O5. The van der Waals surface area contributed by atoms with Crippen molar-refractivity contribution in [3.63, 3.8) is 0 Å². The van der Waals surface area contributed by atoms with Crippen LogP contribution >= 0.6 is 0 Å². The van der Waals surface area contributed by atoms with Gasteiger partial charge in [-0.25, -0.2) is 9.59 Å². The Morgan fingerprint density at radius 1 is 0.926 bits per heavy atom. The smallest absolute Gasteiger partial charge is 0.340 e. The number of nitrogens with zero attached hydrogens (tertiary/aromatic N) is 1. The maximum absolute atomic E-state index is 12.6. The normalized spacial score (nSPS) is 10.4. The van der Waals surface area contributed by atoms with E-state index in [0.29, 0.717) is 17.0 Å². The van der Waals surface area contributed by atoms with Crippen LogP contribution in [0.5, 0.6) is 0 Å². The summed E-state index contributed by atoms with van der Waals surface area (Å²) in [4.78, 5) is 41.8. The minimum Gasteiger partial charge on any atom is -0.462 e. The zero-order valence-electron chi connectivity index (χ0n) is 16.2. The van der Waals surface area contributed by atoms with Crippen LogP contribution in [-0.4, -0.2) is 50.0 Å². The van der Waals surface area contributed by atoms with Gasteiger partial charge in [-0.2, -0.15) is 0 Å². The summed E-state index contributed by atoms with van der Waals surface area (Å²) in [5.41, 5.74) is 2.75. The summed E-state index contributed by atoms with van der Waals surface area (Å²) in [6, 6.07) is 6.85. The molecule has 7 nitrogen and oxygen atoms in total. The molecule has 0 fully saturated rings. The van der Waals surface area contributed by atoms with Crippen molar-refractivity contribution in [2.75, 3.05) is 32.2 Å². The van der Waals surface area contributed by atoms with Crippen molar-refractivity contribution in [3.05, 3.63) is 52.3 Å². The minimum absolute atomic E-state index is 0.186. The number of rotatable bonds is 7. The Morgan fingerprint density at radius 3 is 2.07 bits per heavy atom. The summed E-state index contributed by atoms with van der Waals surface area (Å²) < 4.78 is 10.2. The molecule has 0 aliphatic carbocycles. The molecule has 2 aromatic rings. The van der Waals surface area contributed by atoms with Gasteiger partial charge in [0.15, 0.2) is 6.61 Å². The third kappa shape index (κ3) is 4.55. The van der Waals surface area contributed by atoms with Crippen LogP contribution < -0.4 is 4.90 Å². The van der Waals surface area contributed by atoms with Crippen LogP contribution in [0.2, 0.25) is 0 Å². The fourth-order valence-corrected chi connectivity index (χ4v) is 2.77. The van der Waals surface area contributed by atoms with Crippen molar-refractivity contribution < 1.29 is 23.9 Å². The van der Waals surface area contributed by atoms with Crippen LogP contribution in [0.25, 0.3) is 0 Å². The predicted molar refractivity (Wildman–Crippen MR) is 102 cm³/mol. The maximum Gasteiger partial charge on any atom is 0.340 e. The first-order valence-corrected chi connectivity index (χ1v) is 8.60. The van der Waals surface area contributed by atoms with Crippen LogP contribution in [0.15, 0.2) is 24.3 Å². The average molecular weight is 372 g/mol. The van der Waals surface area contributed by atoms with E-state index in [9.17, 15) is 14.4 Å². The Bertz CT molecular complexity index is 850. The van der Waals surface area contributed by atoms with E-state index in [4.69, 9.17) is 9.47 Å². The molecule has 0 aliphatic rings. The van der Waals surface area contributed by atoms with Gasteiger partial charge in [-0.15, -0.1) is 0 Å². The largest absolute Gasteiger partial charge is 0.462 e. The number of anilines is 1. The van der Waals surface area contributed by atoms with Gasteiger partial charge in [-0.05, 0) is 45.0 Å². The van der Waals surface area contributed by atoms with Crippen LogP contribution in [0.3, 0.4) is 0 Å². The van der Waals surface area contributed by atoms with E-state index in [1.54, 1.807) is 45.0 Å². The van der Waals surface area contributed by atoms with E-state index in [1.165, 1.54) is 0 Å². The lowest BCUT2D eigenvalue weighted by Crippen LogP contribution is -2.18. The average Bonchev–Trinajstić information content (AvgIpc) is 2.93. The second-order valence-corrected chi connectivity index (χ2v) is 6.29. The van der Waals surface area contributed by atoms with E-state index in [2.05, 4.69) is 4.98 Å². The lowest BCUT2D eigenvalue weighted by molar-refractivity contribution is 0.0472. The molecule has 0 aliphatic heterocycles. The van der Waals surface area contributed by atoms with Crippen molar-refractivity contribution in [2.45, 2.75) is 20.8 Å². The summed E-state index contributed by atoms with van der Waals surface area (Å²) in [6.45, 7) is 4.81. The third-order valence-corrected chi connectivity index (χ3v) is 4.09. The lowest BCUT2D eigenvalue weighted by atomic mass is 10.1. The van der Waals surface area contributed by atoms with E-state index in [0.717, 1.165) is 5.69 Å². The number of H-pyrrole nitrogens is 1. The fourth-order valence-electron chi connectivity index (χ4n) is 2.77. The van der Waals surface area contributed by atoms with Gasteiger partial charge >= 0.3 is 11.9 Å². The monoisotopic (exact) mass is 372 g/mol. The molecule has 0 saturated carbocycles. The number of hydrogen-bond acceptors (Lipinski definition) is 6. The van der Waals surface area contributed by atoms with Crippen LogP contribution in [-0.2, 0) is 9.47 Å². The zero-order chi connectivity index (χ0) is 20.1. The first-order chi connectivity index (χ1) is 12.8. The molecule has 0 spiro atoms. The SMILES string of the molecule is CCOC(=O)c1c(C)[nH]c(C)c1C(=O)COC(=O)c1ccc(N(C)C)cc1. The molecule has 0 bridgehead atoms. The van der Waals surface area contributed by atoms with Crippen molar-refractivity contribution in [3.8, 4) is 0 Å². The van der Waals surface area contributed by atoms with Gasteiger partial charge in [0.1, 0.15) is 0 Å². The van der Waals surface area contributed by atoms with Gasteiger partial charge in [0.05, 0.1) is 23.3 Å². The maximum atomic E-state index is 12.6. The number of aromatic nitrogens is 1. The Labute approximate surface area is 158 Å². The van der Waals surface area contributed by atoms with Crippen LogP contribution in [0, 0.1) is 13.8 Å². The molecule has 144 valence electrons. The molecule has 1 aromatic heterocycles. The van der Waals surface area contributed by atoms with Gasteiger partial charge in [-0.1, -0.05) is 0 Å². The summed E-state index contributed by atoms with van der Waals surface area (Å²) in [5.74, 6) is -1.64. The number of nitrogens with one attached hydrogen (secondary N) is 1. The molecule has 0 amide bonds. The summed E-state index contributed by atoms with van der Waals surface area (Å²) in [6.07, 6.45) is 0. The van der Waals surface area contributed by atoms with Crippen molar-refractivity contribution in [2.24, 2.45) is 0 Å². The topological polar surface area (TPSA) is 88.7 Å². The van der Waals surface area contributed by atoms with E-state index in [1.807, 2.05) is 19.0 Å². The number of ether oxygens (including phenoxy) is 2. The highest BCUT2D eigenvalue weighted by Gasteiger charge is 2.26. The number of benzene rings is 1. The van der Waals surface area contributed by atoms with Gasteiger partial charge in [-0.3, -0.25) is 4.79 Å². The summed E-state index contributed by atoms with van der Waals surface area (Å²) >= 11 is 0. The molecule has 7 heteroatoms. The van der Waals surface area contributed by atoms with Crippen molar-refractivity contribution in [1.82, 2.24) is 4.98 Å². The third-order valence-electron chi connectivity index (χ3n) is 4.09.